The Kier molecular flexibility index (Phi) is 6.50. The topological polar surface area (TPSA) is 103 Å². The van der Waals surface area contributed by atoms with Crippen LogP contribution in [0.5, 0.6) is 11.5 Å². The lowest BCUT2D eigenvalue weighted by Gasteiger charge is -2.10. The highest BCUT2D eigenvalue weighted by molar-refractivity contribution is 7.99. The largest absolute Gasteiger partial charge is 0.454 e. The molecule has 29 heavy (non-hydrogen) atoms. The number of fused-ring (bicyclic) bond motifs is 1. The Morgan fingerprint density at radius 3 is 2.66 bits per heavy atom. The Labute approximate surface area is 167 Å². The molecule has 1 heterocycles. The van der Waals surface area contributed by atoms with Gasteiger partial charge in [-0.1, -0.05) is 23.9 Å². The average molecular weight is 424 g/mol. The third kappa shape index (κ3) is 5.57. The van der Waals surface area contributed by atoms with Crippen LogP contribution in [0.4, 0.5) is 19.3 Å². The van der Waals surface area contributed by atoms with E-state index in [-0.39, 0.29) is 29.0 Å². The summed E-state index contributed by atoms with van der Waals surface area (Å²) in [6.07, 6.45) is 0. The molecule has 1 aliphatic heterocycles. The predicted molar refractivity (Wildman–Crippen MR) is 98.3 cm³/mol. The molecule has 0 saturated carbocycles. The highest BCUT2D eigenvalue weighted by Crippen LogP contribution is 2.34. The summed E-state index contributed by atoms with van der Waals surface area (Å²) in [7, 11) is 0. The van der Waals surface area contributed by atoms with Gasteiger partial charge >= 0.3 is 12.0 Å². The fourth-order valence-electron chi connectivity index (χ4n) is 2.34. The van der Waals surface area contributed by atoms with Crippen LogP contribution in [0.1, 0.15) is 10.4 Å². The van der Waals surface area contributed by atoms with Crippen LogP contribution in [-0.2, 0) is 9.53 Å². The van der Waals surface area contributed by atoms with Gasteiger partial charge < -0.3 is 19.5 Å². The number of esters is 1. The molecule has 2 aromatic carbocycles. The number of halogens is 2. The minimum atomic E-state index is -2.72. The number of anilines is 1. The zero-order valence-corrected chi connectivity index (χ0v) is 15.5. The summed E-state index contributed by atoms with van der Waals surface area (Å²) in [6.45, 7) is -0.686. The van der Waals surface area contributed by atoms with Crippen molar-refractivity contribution >= 4 is 35.4 Å². The van der Waals surface area contributed by atoms with E-state index in [1.165, 1.54) is 30.3 Å². The van der Waals surface area contributed by atoms with Crippen molar-refractivity contribution in [3.05, 3.63) is 48.0 Å². The van der Waals surface area contributed by atoms with E-state index in [4.69, 9.17) is 14.2 Å². The zero-order valence-electron chi connectivity index (χ0n) is 14.6. The summed E-state index contributed by atoms with van der Waals surface area (Å²) in [5, 5.41) is 4.41. The molecular formula is C18H14F2N2O6S. The Balaban J connectivity index is 1.49. The van der Waals surface area contributed by atoms with Crippen molar-refractivity contribution in [3.63, 3.8) is 0 Å². The van der Waals surface area contributed by atoms with Crippen LogP contribution in [0.3, 0.4) is 0 Å². The molecule has 3 amide bonds. The van der Waals surface area contributed by atoms with Crippen molar-refractivity contribution in [1.82, 2.24) is 5.32 Å². The minimum absolute atomic E-state index is 0.0217. The fraction of sp³-hybridized carbons (Fsp3) is 0.167. The molecule has 8 nitrogen and oxygen atoms in total. The molecule has 0 aliphatic carbocycles. The van der Waals surface area contributed by atoms with Crippen LogP contribution in [0.2, 0.25) is 0 Å². The van der Waals surface area contributed by atoms with Gasteiger partial charge in [-0.15, -0.1) is 0 Å². The van der Waals surface area contributed by atoms with Gasteiger partial charge in [-0.2, -0.15) is 8.78 Å². The van der Waals surface area contributed by atoms with Gasteiger partial charge in [0, 0.05) is 16.6 Å². The summed E-state index contributed by atoms with van der Waals surface area (Å²) in [5.74, 6) is -3.59. The van der Waals surface area contributed by atoms with Crippen molar-refractivity contribution < 1.29 is 37.4 Å². The molecule has 0 spiro atoms. The third-order valence-electron chi connectivity index (χ3n) is 3.54. The van der Waals surface area contributed by atoms with Gasteiger partial charge in [0.15, 0.2) is 18.1 Å². The Hall–Kier alpha value is -3.34. The van der Waals surface area contributed by atoms with Crippen LogP contribution in [0.25, 0.3) is 0 Å². The van der Waals surface area contributed by atoms with Gasteiger partial charge in [0.2, 0.25) is 6.79 Å². The maximum Gasteiger partial charge on any atom is 0.339 e. The number of alkyl halides is 2. The van der Waals surface area contributed by atoms with E-state index >= 15 is 0 Å². The van der Waals surface area contributed by atoms with Crippen molar-refractivity contribution in [2.45, 2.75) is 10.7 Å². The van der Waals surface area contributed by atoms with E-state index in [2.05, 4.69) is 5.32 Å². The molecule has 152 valence electrons. The number of ether oxygens (including phenoxy) is 3. The predicted octanol–water partition coefficient (Wildman–Crippen LogP) is 3.24. The van der Waals surface area contributed by atoms with Gasteiger partial charge in [-0.3, -0.25) is 10.1 Å². The maximum absolute atomic E-state index is 12.6. The van der Waals surface area contributed by atoms with Crippen molar-refractivity contribution in [3.8, 4) is 11.5 Å². The summed E-state index contributed by atoms with van der Waals surface area (Å²) in [6, 6.07) is 9.43. The first kappa shape index (κ1) is 20.4. The number of rotatable bonds is 6. The molecule has 0 radical (unpaired) electrons. The summed E-state index contributed by atoms with van der Waals surface area (Å²) < 4.78 is 40.2. The van der Waals surface area contributed by atoms with E-state index in [1.807, 2.05) is 5.32 Å². The Bertz CT molecular complexity index is 940. The van der Waals surface area contributed by atoms with E-state index in [9.17, 15) is 23.2 Å². The molecule has 2 aromatic rings. The lowest BCUT2D eigenvalue weighted by atomic mass is 10.2. The highest BCUT2D eigenvalue weighted by atomic mass is 32.2. The summed E-state index contributed by atoms with van der Waals surface area (Å²) in [5.41, 5.74) is 0.255. The van der Waals surface area contributed by atoms with Gasteiger partial charge in [0.05, 0.1) is 5.56 Å². The Morgan fingerprint density at radius 2 is 1.86 bits per heavy atom. The summed E-state index contributed by atoms with van der Waals surface area (Å²) in [4.78, 5) is 35.8. The van der Waals surface area contributed by atoms with Crippen molar-refractivity contribution in [2.24, 2.45) is 0 Å². The molecule has 0 aromatic heterocycles. The normalized spacial score (nSPS) is 11.8. The first-order chi connectivity index (χ1) is 13.9. The molecule has 3 rings (SSSR count). The first-order valence-electron chi connectivity index (χ1n) is 8.14. The van der Waals surface area contributed by atoms with Gasteiger partial charge in [-0.05, 0) is 24.3 Å². The van der Waals surface area contributed by atoms with Gasteiger partial charge in [0.25, 0.3) is 11.7 Å². The molecular weight excluding hydrogens is 410 g/mol. The quantitative estimate of drug-likeness (QED) is 0.542. The summed E-state index contributed by atoms with van der Waals surface area (Å²) >= 11 is 0.190. The lowest BCUT2D eigenvalue weighted by molar-refractivity contribution is -0.123. The second-order valence-electron chi connectivity index (χ2n) is 5.52. The number of benzene rings is 2. The Morgan fingerprint density at radius 1 is 1.10 bits per heavy atom. The van der Waals surface area contributed by atoms with Gasteiger partial charge in [-0.25, -0.2) is 9.59 Å². The molecule has 2 N–H and O–H groups in total. The standard InChI is InChI=1S/C18H14F2N2O6S/c19-17(20)29-14-4-2-1-3-11(14)16(24)26-8-15(23)22-18(25)21-10-5-6-12-13(7-10)28-9-27-12/h1-7,17H,8-9H2,(H2,21,22,23,25). The SMILES string of the molecule is O=C(COC(=O)c1ccccc1SC(F)F)NC(=O)Nc1ccc2c(c1)OCO2. The first-order valence-corrected chi connectivity index (χ1v) is 9.02. The smallest absolute Gasteiger partial charge is 0.339 e. The number of hydrogen-bond acceptors (Lipinski definition) is 7. The van der Waals surface area contributed by atoms with E-state index in [0.29, 0.717) is 17.2 Å². The molecule has 0 fully saturated rings. The van der Waals surface area contributed by atoms with E-state index in [1.54, 1.807) is 12.1 Å². The number of amides is 3. The van der Waals surface area contributed by atoms with Gasteiger partial charge in [0.1, 0.15) is 0 Å². The second kappa shape index (κ2) is 9.24. The van der Waals surface area contributed by atoms with Crippen LogP contribution >= 0.6 is 11.8 Å². The molecule has 0 unspecified atom stereocenters. The molecule has 11 heteroatoms. The molecule has 0 bridgehead atoms. The molecule has 1 aliphatic rings. The number of nitrogens with one attached hydrogen (secondary N) is 2. The minimum Gasteiger partial charge on any atom is -0.454 e. The second-order valence-corrected chi connectivity index (χ2v) is 6.55. The molecule has 0 atom stereocenters. The maximum atomic E-state index is 12.6. The lowest BCUT2D eigenvalue weighted by Crippen LogP contribution is -2.37. The molecule has 0 saturated heterocycles. The van der Waals surface area contributed by atoms with E-state index < -0.39 is 30.3 Å². The number of urea groups is 1. The number of carbonyl (C=O) groups excluding carboxylic acids is 3. The van der Waals surface area contributed by atoms with Crippen molar-refractivity contribution in [2.75, 3.05) is 18.7 Å². The average Bonchev–Trinajstić information content (AvgIpc) is 3.13. The highest BCUT2D eigenvalue weighted by Gasteiger charge is 2.19. The number of carbonyl (C=O) groups is 3. The van der Waals surface area contributed by atoms with Crippen LogP contribution in [0, 0.1) is 0 Å². The van der Waals surface area contributed by atoms with Crippen LogP contribution in [0.15, 0.2) is 47.4 Å². The fourth-order valence-corrected chi connectivity index (χ4v) is 2.97. The number of thioether (sulfide) groups is 1. The zero-order chi connectivity index (χ0) is 20.8. The number of imide groups is 1. The third-order valence-corrected chi connectivity index (χ3v) is 4.33. The van der Waals surface area contributed by atoms with Crippen molar-refractivity contribution in [1.29, 1.82) is 0 Å². The monoisotopic (exact) mass is 424 g/mol. The number of hydrogen-bond donors (Lipinski definition) is 2. The van der Waals surface area contributed by atoms with E-state index in [0.717, 1.165) is 0 Å². The van der Waals surface area contributed by atoms with Crippen LogP contribution < -0.4 is 20.1 Å². The van der Waals surface area contributed by atoms with Crippen LogP contribution in [-0.4, -0.2) is 37.1 Å².